The first-order chi connectivity index (χ1) is 7.97. The second-order valence-electron chi connectivity index (χ2n) is 4.06. The number of aromatic carboxylic acids is 1. The van der Waals surface area contributed by atoms with E-state index in [0.29, 0.717) is 12.3 Å². The van der Waals surface area contributed by atoms with E-state index in [1.54, 1.807) is 13.2 Å². The molecule has 1 rings (SSSR count). The van der Waals surface area contributed by atoms with Crippen LogP contribution < -0.4 is 4.90 Å². The lowest BCUT2D eigenvalue weighted by Gasteiger charge is -2.27. The van der Waals surface area contributed by atoms with Crippen LogP contribution in [0.4, 0.5) is 5.69 Å². The van der Waals surface area contributed by atoms with Gasteiger partial charge in [-0.3, -0.25) is 4.98 Å². The molecule has 0 radical (unpaired) electrons. The van der Waals surface area contributed by atoms with Crippen LogP contribution in [0.2, 0.25) is 0 Å². The van der Waals surface area contributed by atoms with E-state index in [9.17, 15) is 4.79 Å². The molecule has 1 aromatic heterocycles. The van der Waals surface area contributed by atoms with Crippen molar-refractivity contribution in [3.8, 4) is 0 Å². The molecule has 5 heteroatoms. The highest BCUT2D eigenvalue weighted by atomic mass is 16.5. The third-order valence-corrected chi connectivity index (χ3v) is 2.70. The van der Waals surface area contributed by atoms with Gasteiger partial charge < -0.3 is 14.7 Å². The van der Waals surface area contributed by atoms with Crippen molar-refractivity contribution >= 4 is 11.7 Å². The maximum Gasteiger partial charge on any atom is 0.339 e. The van der Waals surface area contributed by atoms with Gasteiger partial charge in [0.15, 0.2) is 0 Å². The molecule has 0 aliphatic heterocycles. The zero-order chi connectivity index (χ0) is 13.0. The number of aromatic nitrogens is 1. The molecule has 0 aliphatic rings. The van der Waals surface area contributed by atoms with E-state index in [0.717, 1.165) is 5.69 Å². The molecule has 1 N–H and O–H groups in total. The molecule has 1 aromatic rings. The van der Waals surface area contributed by atoms with Crippen LogP contribution in [-0.2, 0) is 4.74 Å². The summed E-state index contributed by atoms with van der Waals surface area (Å²) in [6.07, 6.45) is 1.39. The fourth-order valence-electron chi connectivity index (χ4n) is 1.59. The summed E-state index contributed by atoms with van der Waals surface area (Å²) in [6.45, 7) is 4.35. The van der Waals surface area contributed by atoms with Crippen molar-refractivity contribution in [1.29, 1.82) is 0 Å². The van der Waals surface area contributed by atoms with Crippen LogP contribution in [0.25, 0.3) is 0 Å². The van der Waals surface area contributed by atoms with Crippen molar-refractivity contribution in [3.63, 3.8) is 0 Å². The lowest BCUT2D eigenvalue weighted by Crippen LogP contribution is -2.33. The highest BCUT2D eigenvalue weighted by Gasteiger charge is 2.18. The summed E-state index contributed by atoms with van der Waals surface area (Å²) in [7, 11) is 3.48. The SMILES string of the molecule is COCC(C)N(C)c1cc(C)ncc1C(=O)O. The molecule has 0 spiro atoms. The molecule has 5 nitrogen and oxygen atoms in total. The molecule has 17 heavy (non-hydrogen) atoms. The maximum atomic E-state index is 11.1. The van der Waals surface area contributed by atoms with E-state index in [1.807, 2.05) is 25.8 Å². The number of ether oxygens (including phenoxy) is 1. The minimum Gasteiger partial charge on any atom is -0.478 e. The van der Waals surface area contributed by atoms with Crippen molar-refractivity contribution in [2.24, 2.45) is 0 Å². The van der Waals surface area contributed by atoms with Gasteiger partial charge in [0.05, 0.1) is 12.3 Å². The monoisotopic (exact) mass is 238 g/mol. The first kappa shape index (κ1) is 13.4. The summed E-state index contributed by atoms with van der Waals surface area (Å²) >= 11 is 0. The summed E-state index contributed by atoms with van der Waals surface area (Å²) in [6, 6.07) is 1.87. The molecule has 0 fully saturated rings. The molecule has 0 aliphatic carbocycles. The van der Waals surface area contributed by atoms with E-state index in [-0.39, 0.29) is 11.6 Å². The Kier molecular flexibility index (Phi) is 4.45. The van der Waals surface area contributed by atoms with Gasteiger partial charge in [0.2, 0.25) is 0 Å². The average Bonchev–Trinajstić information content (AvgIpc) is 2.27. The van der Waals surface area contributed by atoms with Crippen LogP contribution >= 0.6 is 0 Å². The third-order valence-electron chi connectivity index (χ3n) is 2.70. The van der Waals surface area contributed by atoms with Crippen LogP contribution in [0.15, 0.2) is 12.3 Å². The number of carboxylic acid groups (broad SMARTS) is 1. The largest absolute Gasteiger partial charge is 0.478 e. The summed E-state index contributed by atoms with van der Waals surface area (Å²) in [5.41, 5.74) is 1.66. The van der Waals surface area contributed by atoms with Gasteiger partial charge >= 0.3 is 5.97 Å². The fraction of sp³-hybridized carbons (Fsp3) is 0.500. The number of rotatable bonds is 5. The number of aryl methyl sites for hydroxylation is 1. The zero-order valence-electron chi connectivity index (χ0n) is 10.6. The van der Waals surface area contributed by atoms with E-state index in [2.05, 4.69) is 4.98 Å². The highest BCUT2D eigenvalue weighted by molar-refractivity contribution is 5.94. The van der Waals surface area contributed by atoms with Crippen molar-refractivity contribution in [3.05, 3.63) is 23.5 Å². The quantitative estimate of drug-likeness (QED) is 0.843. The highest BCUT2D eigenvalue weighted by Crippen LogP contribution is 2.21. The Hall–Kier alpha value is -1.62. The minimum absolute atomic E-state index is 0.0971. The number of nitrogens with zero attached hydrogens (tertiary/aromatic N) is 2. The van der Waals surface area contributed by atoms with E-state index >= 15 is 0 Å². The number of pyridine rings is 1. The second-order valence-corrected chi connectivity index (χ2v) is 4.06. The normalized spacial score (nSPS) is 12.2. The van der Waals surface area contributed by atoms with E-state index in [1.165, 1.54) is 6.20 Å². The molecule has 0 amide bonds. The Balaban J connectivity index is 3.10. The zero-order valence-corrected chi connectivity index (χ0v) is 10.6. The third kappa shape index (κ3) is 3.17. The van der Waals surface area contributed by atoms with Gasteiger partial charge in [0.1, 0.15) is 5.56 Å². The number of methoxy groups -OCH3 is 1. The number of hydrogen-bond acceptors (Lipinski definition) is 4. The van der Waals surface area contributed by atoms with Crippen LogP contribution in [0.3, 0.4) is 0 Å². The smallest absolute Gasteiger partial charge is 0.339 e. The molecule has 94 valence electrons. The van der Waals surface area contributed by atoms with Crippen LogP contribution in [0, 0.1) is 6.92 Å². The maximum absolute atomic E-state index is 11.1. The first-order valence-electron chi connectivity index (χ1n) is 5.39. The Morgan fingerprint density at radius 1 is 1.65 bits per heavy atom. The van der Waals surface area contributed by atoms with E-state index in [4.69, 9.17) is 9.84 Å². The first-order valence-corrected chi connectivity index (χ1v) is 5.39. The molecular formula is C12H18N2O3. The van der Waals surface area contributed by atoms with Crippen molar-refractivity contribution in [2.75, 3.05) is 25.7 Å². The fourth-order valence-corrected chi connectivity index (χ4v) is 1.59. The number of likely N-dealkylation sites (N-methyl/N-ethyl adjacent to an activating group) is 1. The predicted molar refractivity (Wildman–Crippen MR) is 65.7 cm³/mol. The molecule has 1 atom stereocenters. The van der Waals surface area contributed by atoms with Crippen molar-refractivity contribution in [1.82, 2.24) is 4.98 Å². The lowest BCUT2D eigenvalue weighted by atomic mass is 10.1. The number of carboxylic acids is 1. The van der Waals surface area contributed by atoms with E-state index < -0.39 is 5.97 Å². The second kappa shape index (κ2) is 5.63. The molecule has 0 saturated carbocycles. The predicted octanol–water partition coefficient (Wildman–Crippen LogP) is 1.56. The molecule has 1 heterocycles. The summed E-state index contributed by atoms with van der Waals surface area (Å²) < 4.78 is 5.07. The van der Waals surface area contributed by atoms with Gasteiger partial charge in [-0.05, 0) is 19.9 Å². The van der Waals surface area contributed by atoms with Crippen molar-refractivity contribution in [2.45, 2.75) is 19.9 Å². The number of anilines is 1. The Labute approximate surface area is 101 Å². The summed E-state index contributed by atoms with van der Waals surface area (Å²) in [5, 5.41) is 9.12. The standard InChI is InChI=1S/C12H18N2O3/c1-8-5-11(10(6-13-8)12(15)16)14(3)9(2)7-17-4/h5-6,9H,7H2,1-4H3,(H,15,16). The Bertz CT molecular complexity index is 407. The molecule has 1 unspecified atom stereocenters. The van der Waals surface area contributed by atoms with Crippen LogP contribution in [0.5, 0.6) is 0 Å². The van der Waals surface area contributed by atoms with Gasteiger partial charge in [-0.1, -0.05) is 0 Å². The lowest BCUT2D eigenvalue weighted by molar-refractivity contribution is 0.0697. The number of hydrogen-bond donors (Lipinski definition) is 1. The van der Waals surface area contributed by atoms with Gasteiger partial charge in [0.25, 0.3) is 0 Å². The molecular weight excluding hydrogens is 220 g/mol. The van der Waals surface area contributed by atoms with Crippen molar-refractivity contribution < 1.29 is 14.6 Å². The van der Waals surface area contributed by atoms with Gasteiger partial charge in [-0.25, -0.2) is 4.79 Å². The molecule has 0 saturated heterocycles. The molecule has 0 bridgehead atoms. The average molecular weight is 238 g/mol. The Morgan fingerprint density at radius 3 is 2.82 bits per heavy atom. The minimum atomic E-state index is -0.969. The molecule has 0 aromatic carbocycles. The number of carbonyl (C=O) groups is 1. The summed E-state index contributed by atoms with van der Waals surface area (Å²) in [5.74, 6) is -0.969. The van der Waals surface area contributed by atoms with Crippen LogP contribution in [0.1, 0.15) is 23.0 Å². The van der Waals surface area contributed by atoms with Crippen LogP contribution in [-0.4, -0.2) is 42.9 Å². The summed E-state index contributed by atoms with van der Waals surface area (Å²) in [4.78, 5) is 17.0. The van der Waals surface area contributed by atoms with Gasteiger partial charge in [-0.2, -0.15) is 0 Å². The van der Waals surface area contributed by atoms with Gasteiger partial charge in [0, 0.05) is 32.1 Å². The Morgan fingerprint density at radius 2 is 2.29 bits per heavy atom. The van der Waals surface area contributed by atoms with Gasteiger partial charge in [-0.15, -0.1) is 0 Å². The topological polar surface area (TPSA) is 62.7 Å².